The highest BCUT2D eigenvalue weighted by atomic mass is 19.1. The van der Waals surface area contributed by atoms with Crippen LogP contribution in [-0.2, 0) is 6.54 Å². The predicted octanol–water partition coefficient (Wildman–Crippen LogP) is 4.65. The summed E-state index contributed by atoms with van der Waals surface area (Å²) in [6, 6.07) is 15.8. The van der Waals surface area contributed by atoms with Crippen LogP contribution >= 0.6 is 0 Å². The van der Waals surface area contributed by atoms with Crippen LogP contribution in [0.1, 0.15) is 12.0 Å². The zero-order valence-corrected chi connectivity index (χ0v) is 18.7. The largest absolute Gasteiger partial charge is 0.371 e. The van der Waals surface area contributed by atoms with Gasteiger partial charge in [0.1, 0.15) is 5.82 Å². The van der Waals surface area contributed by atoms with E-state index in [2.05, 4.69) is 61.4 Å². The molecule has 2 aromatic carbocycles. The Bertz CT molecular complexity index is 1360. The minimum atomic E-state index is -0.214. The van der Waals surface area contributed by atoms with Gasteiger partial charge in [0, 0.05) is 68.0 Å². The molecular formula is C27H26FN5. The number of aromatic nitrogens is 3. The minimum absolute atomic E-state index is 0.214. The molecule has 2 saturated heterocycles. The summed E-state index contributed by atoms with van der Waals surface area (Å²) in [5, 5.41) is 0. The fourth-order valence-corrected chi connectivity index (χ4v) is 6.14. The van der Waals surface area contributed by atoms with E-state index >= 15 is 0 Å². The first-order chi connectivity index (χ1) is 16.1. The maximum Gasteiger partial charge on any atom is 0.161 e. The standard InChI is InChI=1S/C27H26FN5/c1-30-16-27(17-30)8-10-31(18-27)23-6-7-24-21(12-23)15-32-14-20(19-2-4-22(28)5-3-19)13-25(32)26-29-9-11-33(24)26/h2-7,9,11-14H,8,10,15-18H2,1H3. The van der Waals surface area contributed by atoms with Gasteiger partial charge in [0.15, 0.2) is 5.82 Å². The number of anilines is 1. The van der Waals surface area contributed by atoms with Gasteiger partial charge in [-0.1, -0.05) is 12.1 Å². The molecule has 6 heteroatoms. The van der Waals surface area contributed by atoms with Gasteiger partial charge >= 0.3 is 0 Å². The summed E-state index contributed by atoms with van der Waals surface area (Å²) in [5.41, 5.74) is 7.45. The van der Waals surface area contributed by atoms with E-state index in [1.807, 2.05) is 24.5 Å². The highest BCUT2D eigenvalue weighted by Gasteiger charge is 2.46. The van der Waals surface area contributed by atoms with Crippen LogP contribution in [0, 0.1) is 11.2 Å². The molecule has 0 unspecified atom stereocenters. The third kappa shape index (κ3) is 2.97. The Morgan fingerprint density at radius 3 is 2.64 bits per heavy atom. The second kappa shape index (κ2) is 6.81. The van der Waals surface area contributed by atoms with Gasteiger partial charge in [-0.05, 0) is 61.0 Å². The lowest BCUT2D eigenvalue weighted by Crippen LogP contribution is -2.55. The van der Waals surface area contributed by atoms with Crippen LogP contribution in [0.4, 0.5) is 10.1 Å². The molecule has 5 heterocycles. The van der Waals surface area contributed by atoms with Gasteiger partial charge in [0.05, 0.1) is 11.4 Å². The monoisotopic (exact) mass is 439 g/mol. The molecule has 7 rings (SSSR count). The summed E-state index contributed by atoms with van der Waals surface area (Å²) in [5.74, 6) is 0.723. The normalized spacial score (nSPS) is 18.5. The topological polar surface area (TPSA) is 29.2 Å². The van der Waals surface area contributed by atoms with E-state index < -0.39 is 0 Å². The molecule has 3 aliphatic heterocycles. The average molecular weight is 440 g/mol. The third-order valence-corrected chi connectivity index (χ3v) is 7.62. The SMILES string of the molecule is CN1CC2(CCN(c3ccc4c(c3)Cn3cc(-c5ccc(F)cc5)cc3-c3nccn3-4)C2)C1. The van der Waals surface area contributed by atoms with Gasteiger partial charge in [-0.2, -0.15) is 0 Å². The molecule has 0 amide bonds. The second-order valence-corrected chi connectivity index (χ2v) is 10.0. The Kier molecular flexibility index (Phi) is 3.95. The Morgan fingerprint density at radius 2 is 1.82 bits per heavy atom. The molecule has 2 fully saturated rings. The van der Waals surface area contributed by atoms with Crippen LogP contribution in [0.25, 0.3) is 28.3 Å². The summed E-state index contributed by atoms with van der Waals surface area (Å²) in [6.07, 6.45) is 7.36. The van der Waals surface area contributed by atoms with Crippen molar-refractivity contribution in [1.29, 1.82) is 0 Å². The Hall–Kier alpha value is -3.38. The predicted molar refractivity (Wildman–Crippen MR) is 128 cm³/mol. The lowest BCUT2D eigenvalue weighted by atomic mass is 9.79. The molecule has 166 valence electrons. The number of hydrogen-bond donors (Lipinski definition) is 0. The van der Waals surface area contributed by atoms with E-state index in [-0.39, 0.29) is 5.82 Å². The number of fused-ring (bicyclic) bond motifs is 5. The van der Waals surface area contributed by atoms with Crippen LogP contribution in [-0.4, -0.2) is 52.2 Å². The molecule has 3 aliphatic rings. The molecule has 0 aliphatic carbocycles. The smallest absolute Gasteiger partial charge is 0.161 e. The van der Waals surface area contributed by atoms with Crippen molar-refractivity contribution in [2.45, 2.75) is 13.0 Å². The number of imidazole rings is 1. The van der Waals surface area contributed by atoms with E-state index in [9.17, 15) is 4.39 Å². The molecule has 2 aromatic heterocycles. The van der Waals surface area contributed by atoms with Gasteiger partial charge in [0.2, 0.25) is 0 Å². The van der Waals surface area contributed by atoms with Crippen molar-refractivity contribution in [2.75, 3.05) is 38.1 Å². The van der Waals surface area contributed by atoms with Crippen LogP contribution in [0.3, 0.4) is 0 Å². The number of halogens is 1. The first-order valence-corrected chi connectivity index (χ1v) is 11.6. The summed E-state index contributed by atoms with van der Waals surface area (Å²) in [4.78, 5) is 9.68. The summed E-state index contributed by atoms with van der Waals surface area (Å²) >= 11 is 0. The van der Waals surface area contributed by atoms with Gasteiger partial charge in [0.25, 0.3) is 0 Å². The molecule has 0 saturated carbocycles. The van der Waals surface area contributed by atoms with Crippen LogP contribution in [0.5, 0.6) is 0 Å². The molecule has 33 heavy (non-hydrogen) atoms. The quantitative estimate of drug-likeness (QED) is 0.401. The van der Waals surface area contributed by atoms with E-state index in [4.69, 9.17) is 0 Å². The molecular weight excluding hydrogens is 413 g/mol. The van der Waals surface area contributed by atoms with Gasteiger partial charge in [-0.25, -0.2) is 9.37 Å². The summed E-state index contributed by atoms with van der Waals surface area (Å²) in [6.45, 7) is 5.49. The van der Waals surface area contributed by atoms with Crippen molar-refractivity contribution in [3.63, 3.8) is 0 Å². The lowest BCUT2D eigenvalue weighted by Gasteiger charge is -2.46. The zero-order valence-electron chi connectivity index (χ0n) is 18.7. The maximum atomic E-state index is 13.4. The Morgan fingerprint density at radius 1 is 0.970 bits per heavy atom. The second-order valence-electron chi connectivity index (χ2n) is 10.0. The summed E-state index contributed by atoms with van der Waals surface area (Å²) in [7, 11) is 2.22. The first-order valence-electron chi connectivity index (χ1n) is 11.6. The van der Waals surface area contributed by atoms with Gasteiger partial charge < -0.3 is 14.4 Å². The fourth-order valence-electron chi connectivity index (χ4n) is 6.14. The highest BCUT2D eigenvalue weighted by Crippen LogP contribution is 2.41. The van der Waals surface area contributed by atoms with Gasteiger partial charge in [-0.3, -0.25) is 4.57 Å². The molecule has 4 aromatic rings. The molecule has 0 N–H and O–H groups in total. The van der Waals surface area contributed by atoms with Crippen molar-refractivity contribution < 1.29 is 4.39 Å². The summed E-state index contributed by atoms with van der Waals surface area (Å²) < 4.78 is 17.9. The van der Waals surface area contributed by atoms with Gasteiger partial charge in [-0.15, -0.1) is 0 Å². The molecule has 0 bridgehead atoms. The lowest BCUT2D eigenvalue weighted by molar-refractivity contribution is 0.0424. The first kappa shape index (κ1) is 19.1. The van der Waals surface area contributed by atoms with Crippen molar-refractivity contribution in [1.82, 2.24) is 19.0 Å². The van der Waals surface area contributed by atoms with Crippen molar-refractivity contribution in [3.8, 4) is 28.3 Å². The fraction of sp³-hybridized carbons (Fsp3) is 0.296. The number of rotatable bonds is 2. The van der Waals surface area contributed by atoms with Crippen LogP contribution in [0.15, 0.2) is 67.1 Å². The number of nitrogens with zero attached hydrogens (tertiary/aromatic N) is 5. The van der Waals surface area contributed by atoms with Crippen LogP contribution < -0.4 is 4.90 Å². The van der Waals surface area contributed by atoms with E-state index in [0.29, 0.717) is 5.41 Å². The molecule has 0 radical (unpaired) electrons. The average Bonchev–Trinajstić information content (AvgIpc) is 3.51. The molecule has 0 atom stereocenters. The zero-order chi connectivity index (χ0) is 22.2. The Balaban J connectivity index is 1.27. The number of benzene rings is 2. The molecule has 1 spiro atoms. The van der Waals surface area contributed by atoms with Crippen molar-refractivity contribution in [3.05, 3.63) is 78.5 Å². The highest BCUT2D eigenvalue weighted by molar-refractivity contribution is 5.72. The van der Waals surface area contributed by atoms with E-state index in [1.165, 1.54) is 48.6 Å². The van der Waals surface area contributed by atoms with E-state index in [1.54, 1.807) is 0 Å². The third-order valence-electron chi connectivity index (χ3n) is 7.62. The van der Waals surface area contributed by atoms with E-state index in [0.717, 1.165) is 42.3 Å². The number of likely N-dealkylation sites (tertiary alicyclic amines) is 1. The van der Waals surface area contributed by atoms with Crippen LogP contribution in [0.2, 0.25) is 0 Å². The Labute approximate surface area is 192 Å². The maximum absolute atomic E-state index is 13.4. The van der Waals surface area contributed by atoms with Crippen molar-refractivity contribution in [2.24, 2.45) is 5.41 Å². The minimum Gasteiger partial charge on any atom is -0.371 e. The molecule has 5 nitrogen and oxygen atoms in total. The van der Waals surface area contributed by atoms with Crippen molar-refractivity contribution >= 4 is 5.69 Å². The number of hydrogen-bond acceptors (Lipinski definition) is 3.